The van der Waals surface area contributed by atoms with Crippen molar-refractivity contribution in [1.82, 2.24) is 0 Å². The van der Waals surface area contributed by atoms with Gasteiger partial charge < -0.3 is 15.2 Å². The first-order valence-electron chi connectivity index (χ1n) is 5.76. The zero-order valence-corrected chi connectivity index (χ0v) is 10.3. The molecule has 2 aromatic rings. The topological polar surface area (TPSA) is 69.2 Å². The van der Waals surface area contributed by atoms with E-state index in [1.54, 1.807) is 37.3 Å². The van der Waals surface area contributed by atoms with E-state index in [9.17, 15) is 14.7 Å². The molecule has 0 atom stereocenters. The molecule has 1 amide bonds. The maximum Gasteiger partial charge on any atom is 0.255 e. The second-order valence-corrected chi connectivity index (χ2v) is 4.14. The van der Waals surface area contributed by atoms with Crippen molar-refractivity contribution in [3.63, 3.8) is 0 Å². The number of anilines is 1. The van der Waals surface area contributed by atoms with Gasteiger partial charge in [0.15, 0.2) is 0 Å². The first kappa shape index (κ1) is 12.8. The zero-order valence-electron chi connectivity index (χ0n) is 10.3. The Bertz CT molecular complexity index is 621. The molecule has 0 aliphatic carbocycles. The van der Waals surface area contributed by atoms with Crippen LogP contribution in [-0.2, 0) is 0 Å². The molecule has 0 heterocycles. The minimum absolute atomic E-state index is 0.0928. The molecule has 0 aliphatic rings. The van der Waals surface area contributed by atoms with Crippen LogP contribution in [0, 0.1) is 6.92 Å². The lowest BCUT2D eigenvalue weighted by Gasteiger charge is -2.10. The van der Waals surface area contributed by atoms with E-state index in [-0.39, 0.29) is 11.5 Å². The second-order valence-electron chi connectivity index (χ2n) is 4.14. The minimum Gasteiger partial charge on any atom is -0.545 e. The van der Waals surface area contributed by atoms with Crippen LogP contribution < -0.4 is 10.4 Å². The maximum atomic E-state index is 11.9. The van der Waals surface area contributed by atoms with E-state index in [0.717, 1.165) is 0 Å². The molecule has 4 nitrogen and oxygen atoms in total. The van der Waals surface area contributed by atoms with Crippen LogP contribution in [0.25, 0.3) is 0 Å². The third-order valence-electron chi connectivity index (χ3n) is 2.75. The molecular weight excluding hydrogens is 242 g/mol. The summed E-state index contributed by atoms with van der Waals surface area (Å²) in [6.45, 7) is 1.73. The average Bonchev–Trinajstić information content (AvgIpc) is 2.41. The van der Waals surface area contributed by atoms with Crippen LogP contribution in [0.15, 0.2) is 48.5 Å². The highest BCUT2D eigenvalue weighted by Crippen LogP contribution is 2.17. The molecule has 1 N–H and O–H groups in total. The highest BCUT2D eigenvalue weighted by atomic mass is 16.4. The molecule has 2 rings (SSSR count). The lowest BCUT2D eigenvalue weighted by molar-refractivity contribution is -0.255. The van der Waals surface area contributed by atoms with E-state index in [4.69, 9.17) is 0 Å². The molecule has 0 saturated carbocycles. The molecule has 0 saturated heterocycles. The highest BCUT2D eigenvalue weighted by molar-refractivity contribution is 6.04. The molecule has 0 aromatic heterocycles. The molecule has 4 heteroatoms. The summed E-state index contributed by atoms with van der Waals surface area (Å²) in [4.78, 5) is 22.7. The summed E-state index contributed by atoms with van der Waals surface area (Å²) in [5.41, 5.74) is 1.89. The standard InChI is InChI=1S/C15H13NO3/c1-10-9-12(15(18)19)7-8-13(10)16-14(17)11-5-3-2-4-6-11/h2-9H,1H3,(H,16,17)(H,18,19)/p-1. The van der Waals surface area contributed by atoms with Gasteiger partial charge in [0, 0.05) is 11.3 Å². The Balaban J connectivity index is 2.20. The van der Waals surface area contributed by atoms with Gasteiger partial charge in [-0.3, -0.25) is 4.79 Å². The van der Waals surface area contributed by atoms with Gasteiger partial charge in [-0.15, -0.1) is 0 Å². The summed E-state index contributed by atoms with van der Waals surface area (Å²) >= 11 is 0. The van der Waals surface area contributed by atoms with Gasteiger partial charge in [0.2, 0.25) is 0 Å². The summed E-state index contributed by atoms with van der Waals surface area (Å²) in [7, 11) is 0. The van der Waals surface area contributed by atoms with Gasteiger partial charge >= 0.3 is 0 Å². The van der Waals surface area contributed by atoms with Crippen LogP contribution in [-0.4, -0.2) is 11.9 Å². The molecule has 0 aliphatic heterocycles. The van der Waals surface area contributed by atoms with Crippen molar-refractivity contribution >= 4 is 17.6 Å². The Morgan fingerprint density at radius 2 is 1.68 bits per heavy atom. The number of nitrogens with one attached hydrogen (secondary N) is 1. The van der Waals surface area contributed by atoms with Crippen molar-refractivity contribution in [2.24, 2.45) is 0 Å². The number of carbonyl (C=O) groups excluding carboxylic acids is 2. The number of carboxylic acids is 1. The molecule has 96 valence electrons. The number of hydrogen-bond donors (Lipinski definition) is 1. The van der Waals surface area contributed by atoms with Gasteiger partial charge in [-0.25, -0.2) is 0 Å². The van der Waals surface area contributed by atoms with E-state index in [0.29, 0.717) is 16.8 Å². The summed E-state index contributed by atoms with van der Waals surface area (Å²) in [6.07, 6.45) is 0. The molecule has 0 bridgehead atoms. The average molecular weight is 254 g/mol. The minimum atomic E-state index is -1.23. The predicted octanol–water partition coefficient (Wildman–Crippen LogP) is 1.61. The van der Waals surface area contributed by atoms with Crippen LogP contribution in [0.5, 0.6) is 0 Å². The Kier molecular flexibility index (Phi) is 3.61. The van der Waals surface area contributed by atoms with Crippen LogP contribution >= 0.6 is 0 Å². The largest absolute Gasteiger partial charge is 0.545 e. The summed E-state index contributed by atoms with van der Waals surface area (Å²) in [5, 5.41) is 13.5. The fourth-order valence-corrected chi connectivity index (χ4v) is 1.71. The highest BCUT2D eigenvalue weighted by Gasteiger charge is 2.07. The summed E-state index contributed by atoms with van der Waals surface area (Å²) in [6, 6.07) is 13.2. The van der Waals surface area contributed by atoms with E-state index in [1.807, 2.05) is 6.07 Å². The van der Waals surface area contributed by atoms with Crippen LogP contribution in [0.3, 0.4) is 0 Å². The maximum absolute atomic E-state index is 11.9. The normalized spacial score (nSPS) is 9.95. The molecular formula is C15H12NO3-. The predicted molar refractivity (Wildman–Crippen MR) is 69.9 cm³/mol. The lowest BCUT2D eigenvalue weighted by atomic mass is 10.1. The Hall–Kier alpha value is -2.62. The monoisotopic (exact) mass is 254 g/mol. The molecule has 0 unspecified atom stereocenters. The SMILES string of the molecule is Cc1cc(C(=O)[O-])ccc1NC(=O)c1ccccc1. The van der Waals surface area contributed by atoms with E-state index in [2.05, 4.69) is 5.32 Å². The fraction of sp³-hybridized carbons (Fsp3) is 0.0667. The van der Waals surface area contributed by atoms with Crippen molar-refractivity contribution < 1.29 is 14.7 Å². The summed E-state index contributed by atoms with van der Waals surface area (Å²) < 4.78 is 0. The van der Waals surface area contributed by atoms with Crippen molar-refractivity contribution in [1.29, 1.82) is 0 Å². The van der Waals surface area contributed by atoms with Gasteiger partial charge in [-0.2, -0.15) is 0 Å². The van der Waals surface area contributed by atoms with E-state index in [1.165, 1.54) is 12.1 Å². The summed E-state index contributed by atoms with van der Waals surface area (Å²) in [5.74, 6) is -1.46. The quantitative estimate of drug-likeness (QED) is 0.904. The van der Waals surface area contributed by atoms with E-state index >= 15 is 0 Å². The van der Waals surface area contributed by atoms with Crippen LogP contribution in [0.2, 0.25) is 0 Å². The molecule has 0 radical (unpaired) electrons. The zero-order chi connectivity index (χ0) is 13.8. The third-order valence-corrected chi connectivity index (χ3v) is 2.75. The molecule has 0 spiro atoms. The number of benzene rings is 2. The van der Waals surface area contributed by atoms with Crippen molar-refractivity contribution in [3.05, 3.63) is 65.2 Å². The lowest BCUT2D eigenvalue weighted by Crippen LogP contribution is -2.22. The second kappa shape index (κ2) is 5.35. The third kappa shape index (κ3) is 2.98. The number of rotatable bonds is 3. The smallest absolute Gasteiger partial charge is 0.255 e. The number of carbonyl (C=O) groups is 2. The first-order chi connectivity index (χ1) is 9.08. The number of aromatic carboxylic acids is 1. The van der Waals surface area contributed by atoms with Gasteiger partial charge in [-0.05, 0) is 42.3 Å². The number of hydrogen-bond acceptors (Lipinski definition) is 3. The van der Waals surface area contributed by atoms with Crippen molar-refractivity contribution in [3.8, 4) is 0 Å². The Labute approximate surface area is 110 Å². The molecule has 2 aromatic carbocycles. The molecule has 19 heavy (non-hydrogen) atoms. The first-order valence-corrected chi connectivity index (χ1v) is 5.76. The van der Waals surface area contributed by atoms with Crippen molar-refractivity contribution in [2.45, 2.75) is 6.92 Å². The van der Waals surface area contributed by atoms with Gasteiger partial charge in [0.05, 0.1) is 5.97 Å². The number of aryl methyl sites for hydroxylation is 1. The van der Waals surface area contributed by atoms with Crippen LogP contribution in [0.4, 0.5) is 5.69 Å². The Morgan fingerprint density at radius 3 is 2.26 bits per heavy atom. The van der Waals surface area contributed by atoms with Crippen LogP contribution in [0.1, 0.15) is 26.3 Å². The molecule has 0 fully saturated rings. The Morgan fingerprint density at radius 1 is 1.00 bits per heavy atom. The number of carboxylic acid groups (broad SMARTS) is 1. The fourth-order valence-electron chi connectivity index (χ4n) is 1.71. The number of amides is 1. The van der Waals surface area contributed by atoms with Gasteiger partial charge in [0.25, 0.3) is 5.91 Å². The van der Waals surface area contributed by atoms with E-state index < -0.39 is 5.97 Å². The van der Waals surface area contributed by atoms with Crippen molar-refractivity contribution in [2.75, 3.05) is 5.32 Å². The van der Waals surface area contributed by atoms with Gasteiger partial charge in [0.1, 0.15) is 0 Å². The van der Waals surface area contributed by atoms with Gasteiger partial charge in [-0.1, -0.05) is 24.3 Å².